The van der Waals surface area contributed by atoms with Crippen LogP contribution in [0.3, 0.4) is 0 Å². The normalized spacial score (nSPS) is 19.4. The molecule has 5 aromatic rings. The van der Waals surface area contributed by atoms with Crippen molar-refractivity contribution in [2.75, 3.05) is 17.7 Å². The molecule has 6 nitrogen and oxygen atoms in total. The van der Waals surface area contributed by atoms with E-state index in [2.05, 4.69) is 137 Å². The van der Waals surface area contributed by atoms with Crippen molar-refractivity contribution >= 4 is 23.3 Å². The zero-order chi connectivity index (χ0) is 38.4. The number of carbonyl (C=O) groups is 2. The summed E-state index contributed by atoms with van der Waals surface area (Å²) in [6, 6.07) is 38.6. The van der Waals surface area contributed by atoms with E-state index >= 15 is 0 Å². The molecule has 0 saturated carbocycles. The molecule has 0 aliphatic carbocycles. The minimum absolute atomic E-state index is 0.0180. The molecule has 6 heteroatoms. The fourth-order valence-corrected chi connectivity index (χ4v) is 8.19. The fourth-order valence-electron chi connectivity index (χ4n) is 8.19. The molecule has 7 rings (SSSR count). The SMILES string of the molecule is COC(=O)c1cccc2c1NC(c1ccc(C3CC(c4ccc(C(C)(C)C)cc4)c4cccc(OC(C)=O)c4N3)cc1)CC2c1ccc(C(C)(C)C)cc1. The molecular formula is C48H52N2O4. The number of ether oxygens (including phenoxy) is 2. The number of benzene rings is 5. The van der Waals surface area contributed by atoms with Gasteiger partial charge in [0.25, 0.3) is 0 Å². The summed E-state index contributed by atoms with van der Waals surface area (Å²) in [5.41, 5.74) is 11.9. The second-order valence-corrected chi connectivity index (χ2v) is 17.0. The maximum Gasteiger partial charge on any atom is 0.339 e. The van der Waals surface area contributed by atoms with E-state index in [1.54, 1.807) is 0 Å². The van der Waals surface area contributed by atoms with E-state index in [0.717, 1.165) is 46.5 Å². The Kier molecular flexibility index (Phi) is 9.91. The first-order valence-electron chi connectivity index (χ1n) is 19.1. The molecule has 278 valence electrons. The van der Waals surface area contributed by atoms with E-state index in [-0.39, 0.29) is 46.7 Å². The van der Waals surface area contributed by atoms with Gasteiger partial charge in [-0.05, 0) is 80.3 Å². The third kappa shape index (κ3) is 7.39. The quantitative estimate of drug-likeness (QED) is 0.134. The van der Waals surface area contributed by atoms with Crippen molar-refractivity contribution in [2.45, 2.75) is 96.1 Å². The molecule has 0 aromatic heterocycles. The Hall–Kier alpha value is -5.36. The first kappa shape index (κ1) is 37.0. The Labute approximate surface area is 320 Å². The van der Waals surface area contributed by atoms with Crippen LogP contribution in [0.2, 0.25) is 0 Å². The highest BCUT2D eigenvalue weighted by Crippen LogP contribution is 2.49. The Balaban J connectivity index is 1.22. The van der Waals surface area contributed by atoms with Crippen LogP contribution in [0.5, 0.6) is 5.75 Å². The van der Waals surface area contributed by atoms with Gasteiger partial charge in [-0.25, -0.2) is 4.79 Å². The van der Waals surface area contributed by atoms with Crippen molar-refractivity contribution < 1.29 is 19.1 Å². The van der Waals surface area contributed by atoms with Crippen molar-refractivity contribution in [1.82, 2.24) is 0 Å². The maximum atomic E-state index is 13.0. The van der Waals surface area contributed by atoms with E-state index in [0.29, 0.717) is 11.3 Å². The molecule has 0 radical (unpaired) electrons. The highest BCUT2D eigenvalue weighted by molar-refractivity contribution is 5.97. The molecule has 4 unspecified atom stereocenters. The lowest BCUT2D eigenvalue weighted by atomic mass is 9.77. The van der Waals surface area contributed by atoms with Crippen LogP contribution in [-0.2, 0) is 20.4 Å². The van der Waals surface area contributed by atoms with E-state index < -0.39 is 0 Å². The summed E-state index contributed by atoms with van der Waals surface area (Å²) < 4.78 is 11.0. The van der Waals surface area contributed by atoms with Crippen LogP contribution in [0.25, 0.3) is 0 Å². The van der Waals surface area contributed by atoms with Gasteiger partial charge < -0.3 is 20.1 Å². The lowest BCUT2D eigenvalue weighted by molar-refractivity contribution is -0.131. The third-order valence-electron chi connectivity index (χ3n) is 11.2. The van der Waals surface area contributed by atoms with Gasteiger partial charge in [0.15, 0.2) is 5.75 Å². The van der Waals surface area contributed by atoms with Gasteiger partial charge >= 0.3 is 11.9 Å². The highest BCUT2D eigenvalue weighted by atomic mass is 16.5. The van der Waals surface area contributed by atoms with E-state index in [9.17, 15) is 9.59 Å². The van der Waals surface area contributed by atoms with Crippen LogP contribution in [0.4, 0.5) is 11.4 Å². The standard InChI is InChI=1S/C48H52N2O4/c1-29(51)54-43-14-10-12-37-40(31-21-25-35(26-22-31)48(5,6)7)28-42(50-45(37)43)33-17-15-32(16-18-33)41-27-39(30-19-23-34(24-20-30)47(2,3)4)36-11-9-13-38(44(36)49-41)46(52)53-8/h9-26,39-42,49-50H,27-28H2,1-8H3. The lowest BCUT2D eigenvalue weighted by Gasteiger charge is -2.36. The van der Waals surface area contributed by atoms with E-state index in [1.807, 2.05) is 24.3 Å². The zero-order valence-electron chi connectivity index (χ0n) is 32.7. The number of anilines is 2. The van der Waals surface area contributed by atoms with Crippen LogP contribution in [0, 0.1) is 0 Å². The average Bonchev–Trinajstić information content (AvgIpc) is 3.16. The lowest BCUT2D eigenvalue weighted by Crippen LogP contribution is -2.25. The summed E-state index contributed by atoms with van der Waals surface area (Å²) in [4.78, 5) is 25.2. The summed E-state index contributed by atoms with van der Waals surface area (Å²) in [5, 5.41) is 7.51. The van der Waals surface area contributed by atoms with Gasteiger partial charge in [-0.1, -0.05) is 139 Å². The number of para-hydroxylation sites is 2. The van der Waals surface area contributed by atoms with Gasteiger partial charge in [0.05, 0.1) is 36.1 Å². The van der Waals surface area contributed by atoms with Gasteiger partial charge in [0.2, 0.25) is 0 Å². The molecule has 2 aliphatic rings. The smallest absolute Gasteiger partial charge is 0.339 e. The molecule has 2 heterocycles. The number of hydrogen-bond donors (Lipinski definition) is 2. The fraction of sp³-hybridized carbons (Fsp3) is 0.333. The molecule has 0 bridgehead atoms. The Morgan fingerprint density at radius 3 is 1.44 bits per heavy atom. The molecule has 2 N–H and O–H groups in total. The summed E-state index contributed by atoms with van der Waals surface area (Å²) in [5.74, 6) is 0.0469. The summed E-state index contributed by atoms with van der Waals surface area (Å²) in [6.07, 6.45) is 1.67. The first-order valence-corrected chi connectivity index (χ1v) is 19.1. The largest absolute Gasteiger partial charge is 0.465 e. The van der Waals surface area contributed by atoms with Crippen molar-refractivity contribution in [3.63, 3.8) is 0 Å². The Bertz CT molecular complexity index is 2160. The number of esters is 2. The van der Waals surface area contributed by atoms with Crippen LogP contribution in [0.1, 0.15) is 140 Å². The average molecular weight is 721 g/mol. The molecular weight excluding hydrogens is 669 g/mol. The zero-order valence-corrected chi connectivity index (χ0v) is 32.7. The van der Waals surface area contributed by atoms with Crippen molar-refractivity contribution in [1.29, 1.82) is 0 Å². The van der Waals surface area contributed by atoms with Gasteiger partial charge in [-0.3, -0.25) is 4.79 Å². The molecule has 0 fully saturated rings. The van der Waals surface area contributed by atoms with Crippen LogP contribution < -0.4 is 15.4 Å². The van der Waals surface area contributed by atoms with E-state index in [1.165, 1.54) is 36.3 Å². The maximum absolute atomic E-state index is 13.0. The molecule has 4 atom stereocenters. The predicted molar refractivity (Wildman–Crippen MR) is 218 cm³/mol. The number of fused-ring (bicyclic) bond motifs is 2. The molecule has 2 aliphatic heterocycles. The summed E-state index contributed by atoms with van der Waals surface area (Å²) >= 11 is 0. The molecule has 5 aromatic carbocycles. The highest BCUT2D eigenvalue weighted by Gasteiger charge is 2.34. The van der Waals surface area contributed by atoms with E-state index in [4.69, 9.17) is 9.47 Å². The minimum Gasteiger partial charge on any atom is -0.465 e. The van der Waals surface area contributed by atoms with Crippen LogP contribution >= 0.6 is 0 Å². The molecule has 0 amide bonds. The second kappa shape index (κ2) is 14.5. The number of nitrogens with one attached hydrogen (secondary N) is 2. The number of rotatable bonds is 6. The van der Waals surface area contributed by atoms with Crippen molar-refractivity contribution in [2.24, 2.45) is 0 Å². The van der Waals surface area contributed by atoms with Gasteiger partial charge in [0.1, 0.15) is 0 Å². The third-order valence-corrected chi connectivity index (χ3v) is 11.2. The Morgan fingerprint density at radius 2 is 1.00 bits per heavy atom. The number of methoxy groups -OCH3 is 1. The monoisotopic (exact) mass is 720 g/mol. The predicted octanol–water partition coefficient (Wildman–Crippen LogP) is 11.4. The van der Waals surface area contributed by atoms with Crippen LogP contribution in [-0.4, -0.2) is 19.0 Å². The molecule has 0 spiro atoms. The first-order chi connectivity index (χ1) is 25.7. The van der Waals surface area contributed by atoms with Crippen molar-refractivity contribution in [3.8, 4) is 5.75 Å². The Morgan fingerprint density at radius 1 is 0.574 bits per heavy atom. The van der Waals surface area contributed by atoms with Crippen molar-refractivity contribution in [3.05, 3.63) is 159 Å². The van der Waals surface area contributed by atoms with Gasteiger partial charge in [-0.2, -0.15) is 0 Å². The van der Waals surface area contributed by atoms with Gasteiger partial charge in [0, 0.05) is 18.8 Å². The topological polar surface area (TPSA) is 76.7 Å². The summed E-state index contributed by atoms with van der Waals surface area (Å²) in [7, 11) is 1.43. The van der Waals surface area contributed by atoms with Crippen LogP contribution in [0.15, 0.2) is 109 Å². The molecule has 0 saturated heterocycles. The number of hydrogen-bond acceptors (Lipinski definition) is 6. The summed E-state index contributed by atoms with van der Waals surface area (Å²) in [6.45, 7) is 14.8. The molecule has 54 heavy (non-hydrogen) atoms. The van der Waals surface area contributed by atoms with Gasteiger partial charge in [-0.15, -0.1) is 0 Å². The minimum atomic E-state index is -0.350. The second-order valence-electron chi connectivity index (χ2n) is 17.0. The number of carbonyl (C=O) groups excluding carboxylic acids is 2.